The summed E-state index contributed by atoms with van der Waals surface area (Å²) >= 11 is 0. The Morgan fingerprint density at radius 1 is 1.03 bits per heavy atom. The van der Waals surface area contributed by atoms with Crippen LogP contribution in [0.15, 0.2) is 67.0 Å². The van der Waals surface area contributed by atoms with Gasteiger partial charge in [0, 0.05) is 55.1 Å². The number of likely N-dealkylation sites (tertiary alicyclic amines) is 1. The normalized spacial score (nSPS) is 16.2. The van der Waals surface area contributed by atoms with Crippen LogP contribution in [0.2, 0.25) is 0 Å². The number of fused-ring (bicyclic) bond motifs is 1. The zero-order valence-corrected chi connectivity index (χ0v) is 18.0. The van der Waals surface area contributed by atoms with Gasteiger partial charge in [-0.05, 0) is 48.4 Å². The summed E-state index contributed by atoms with van der Waals surface area (Å²) in [6, 6.07) is 17.0. The summed E-state index contributed by atoms with van der Waals surface area (Å²) in [5.41, 5.74) is 4.16. The number of anilines is 1. The van der Waals surface area contributed by atoms with Crippen LogP contribution in [0.4, 0.5) is 5.69 Å². The van der Waals surface area contributed by atoms with Crippen molar-refractivity contribution in [2.45, 2.75) is 32.4 Å². The van der Waals surface area contributed by atoms with Gasteiger partial charge in [-0.1, -0.05) is 24.3 Å². The van der Waals surface area contributed by atoms with E-state index in [1.165, 1.54) is 0 Å². The van der Waals surface area contributed by atoms with Crippen molar-refractivity contribution in [3.63, 3.8) is 0 Å². The van der Waals surface area contributed by atoms with Crippen LogP contribution in [0.5, 0.6) is 5.75 Å². The van der Waals surface area contributed by atoms with E-state index in [9.17, 15) is 9.59 Å². The first-order valence-corrected chi connectivity index (χ1v) is 11.0. The molecule has 2 aromatic carbocycles. The van der Waals surface area contributed by atoms with Crippen LogP contribution in [0.1, 0.15) is 44.7 Å². The number of carbonyl (C=O) groups excluding carboxylic acids is 2. The van der Waals surface area contributed by atoms with Crippen LogP contribution in [0, 0.1) is 6.92 Å². The molecular formula is C26H25N3O3. The Bertz CT molecular complexity index is 1150. The van der Waals surface area contributed by atoms with Gasteiger partial charge in [0.25, 0.3) is 11.8 Å². The number of amides is 2. The average molecular weight is 428 g/mol. The Hall–Kier alpha value is -3.67. The number of hydrogen-bond acceptors (Lipinski definition) is 4. The highest BCUT2D eigenvalue weighted by Gasteiger charge is 2.30. The van der Waals surface area contributed by atoms with E-state index in [0.29, 0.717) is 25.2 Å². The van der Waals surface area contributed by atoms with Crippen molar-refractivity contribution in [2.75, 3.05) is 18.0 Å². The Kier molecular flexibility index (Phi) is 5.35. The molecule has 0 atom stereocenters. The number of nitrogens with zero attached hydrogens (tertiary/aromatic N) is 3. The molecule has 32 heavy (non-hydrogen) atoms. The molecule has 2 aliphatic heterocycles. The van der Waals surface area contributed by atoms with Crippen molar-refractivity contribution in [1.82, 2.24) is 9.88 Å². The lowest BCUT2D eigenvalue weighted by atomic mass is 10.0. The molecule has 0 spiro atoms. The second kappa shape index (κ2) is 8.46. The second-order valence-corrected chi connectivity index (χ2v) is 8.34. The van der Waals surface area contributed by atoms with Gasteiger partial charge in [-0.2, -0.15) is 0 Å². The van der Waals surface area contributed by atoms with E-state index in [0.717, 1.165) is 41.0 Å². The van der Waals surface area contributed by atoms with Gasteiger partial charge >= 0.3 is 0 Å². The van der Waals surface area contributed by atoms with Gasteiger partial charge in [0.15, 0.2) is 0 Å². The molecular weight excluding hydrogens is 402 g/mol. The van der Waals surface area contributed by atoms with Crippen LogP contribution in [-0.4, -0.2) is 40.9 Å². The smallest absolute Gasteiger partial charge is 0.259 e. The number of ether oxygens (including phenoxy) is 1. The van der Waals surface area contributed by atoms with Gasteiger partial charge in [0.2, 0.25) is 0 Å². The summed E-state index contributed by atoms with van der Waals surface area (Å²) in [6.07, 6.45) is 5.09. The molecule has 0 aliphatic carbocycles. The number of aryl methyl sites for hydroxylation is 1. The van der Waals surface area contributed by atoms with Gasteiger partial charge in [0.1, 0.15) is 11.9 Å². The first-order valence-electron chi connectivity index (χ1n) is 11.0. The fourth-order valence-corrected chi connectivity index (χ4v) is 4.53. The number of aromatic nitrogens is 1. The molecule has 0 unspecified atom stereocenters. The first-order chi connectivity index (χ1) is 15.6. The maximum absolute atomic E-state index is 13.2. The summed E-state index contributed by atoms with van der Waals surface area (Å²) in [5, 5.41) is 0. The molecule has 1 fully saturated rings. The van der Waals surface area contributed by atoms with Crippen molar-refractivity contribution >= 4 is 17.5 Å². The largest absolute Gasteiger partial charge is 0.490 e. The summed E-state index contributed by atoms with van der Waals surface area (Å²) in [6.45, 7) is 3.78. The maximum atomic E-state index is 13.2. The second-order valence-electron chi connectivity index (χ2n) is 8.34. The zero-order valence-electron chi connectivity index (χ0n) is 18.0. The van der Waals surface area contributed by atoms with Crippen molar-refractivity contribution in [3.8, 4) is 5.75 Å². The third-order valence-electron chi connectivity index (χ3n) is 6.23. The average Bonchev–Trinajstić information content (AvgIpc) is 3.17. The van der Waals surface area contributed by atoms with Crippen molar-refractivity contribution < 1.29 is 14.3 Å². The van der Waals surface area contributed by atoms with E-state index in [4.69, 9.17) is 4.74 Å². The van der Waals surface area contributed by atoms with Crippen LogP contribution in [0.3, 0.4) is 0 Å². The molecule has 0 N–H and O–H groups in total. The third kappa shape index (κ3) is 3.84. The standard InChI is InChI=1S/C26H25N3O3/c1-18-4-2-6-20-17-29(26(31)24(18)20)21-7-3-5-19(16-21)25(30)28-14-10-23(11-15-28)32-22-8-12-27-13-9-22/h2-9,12-13,16,23H,10-11,14-15,17H2,1H3. The molecule has 1 aromatic heterocycles. The van der Waals surface area contributed by atoms with E-state index < -0.39 is 0 Å². The van der Waals surface area contributed by atoms with Crippen molar-refractivity contribution in [1.29, 1.82) is 0 Å². The zero-order chi connectivity index (χ0) is 22.1. The van der Waals surface area contributed by atoms with Crippen molar-refractivity contribution in [2.24, 2.45) is 0 Å². The van der Waals surface area contributed by atoms with Gasteiger partial charge in [-0.15, -0.1) is 0 Å². The minimum absolute atomic E-state index is 0.00299. The van der Waals surface area contributed by atoms with Gasteiger partial charge in [-0.3, -0.25) is 14.6 Å². The van der Waals surface area contributed by atoms with Crippen LogP contribution in [0.25, 0.3) is 0 Å². The molecule has 0 radical (unpaired) electrons. The van der Waals surface area contributed by atoms with Crippen molar-refractivity contribution in [3.05, 3.63) is 89.2 Å². The predicted molar refractivity (Wildman–Crippen MR) is 122 cm³/mol. The number of hydrogen-bond donors (Lipinski definition) is 0. The lowest BCUT2D eigenvalue weighted by Gasteiger charge is -2.32. The highest BCUT2D eigenvalue weighted by atomic mass is 16.5. The fourth-order valence-electron chi connectivity index (χ4n) is 4.53. The predicted octanol–water partition coefficient (Wildman–Crippen LogP) is 4.23. The Balaban J connectivity index is 1.26. The lowest BCUT2D eigenvalue weighted by Crippen LogP contribution is -2.41. The van der Waals surface area contributed by atoms with E-state index >= 15 is 0 Å². The summed E-state index contributed by atoms with van der Waals surface area (Å²) < 4.78 is 6.01. The molecule has 162 valence electrons. The van der Waals surface area contributed by atoms with Gasteiger partial charge < -0.3 is 14.5 Å². The molecule has 2 aliphatic rings. The highest BCUT2D eigenvalue weighted by Crippen LogP contribution is 2.31. The topological polar surface area (TPSA) is 62.7 Å². The molecule has 2 amide bonds. The summed E-state index contributed by atoms with van der Waals surface area (Å²) in [7, 11) is 0. The molecule has 3 heterocycles. The number of rotatable bonds is 4. The number of benzene rings is 2. The SMILES string of the molecule is Cc1cccc2c1C(=O)N(c1cccc(C(=O)N3CCC(Oc4ccncc4)CC3)c1)C2. The van der Waals surface area contributed by atoms with Crippen LogP contribution < -0.4 is 9.64 Å². The molecule has 5 rings (SSSR count). The maximum Gasteiger partial charge on any atom is 0.259 e. The Labute approximate surface area is 187 Å². The number of piperidine rings is 1. The third-order valence-corrected chi connectivity index (χ3v) is 6.23. The first kappa shape index (κ1) is 20.2. The minimum atomic E-state index is -0.00504. The van der Waals surface area contributed by atoms with E-state index in [1.807, 2.05) is 66.4 Å². The van der Waals surface area contributed by atoms with E-state index in [-0.39, 0.29) is 17.9 Å². The van der Waals surface area contributed by atoms with Crippen LogP contribution in [-0.2, 0) is 6.54 Å². The molecule has 0 bridgehead atoms. The van der Waals surface area contributed by atoms with E-state index in [2.05, 4.69) is 4.98 Å². The molecule has 6 heteroatoms. The highest BCUT2D eigenvalue weighted by molar-refractivity contribution is 6.11. The summed E-state index contributed by atoms with van der Waals surface area (Å²) in [4.78, 5) is 33.8. The minimum Gasteiger partial charge on any atom is -0.490 e. The van der Waals surface area contributed by atoms with Crippen LogP contribution >= 0.6 is 0 Å². The number of carbonyl (C=O) groups is 2. The lowest BCUT2D eigenvalue weighted by molar-refractivity contribution is 0.0595. The Morgan fingerprint density at radius 3 is 2.53 bits per heavy atom. The molecule has 0 saturated carbocycles. The molecule has 3 aromatic rings. The fraction of sp³-hybridized carbons (Fsp3) is 0.269. The van der Waals surface area contributed by atoms with E-state index in [1.54, 1.807) is 17.3 Å². The molecule has 1 saturated heterocycles. The van der Waals surface area contributed by atoms with Gasteiger partial charge in [0.05, 0.1) is 6.54 Å². The Morgan fingerprint density at radius 2 is 1.78 bits per heavy atom. The molecule has 6 nitrogen and oxygen atoms in total. The monoisotopic (exact) mass is 427 g/mol. The summed E-state index contributed by atoms with van der Waals surface area (Å²) in [5.74, 6) is 0.801. The van der Waals surface area contributed by atoms with Gasteiger partial charge in [-0.25, -0.2) is 0 Å². The quantitative estimate of drug-likeness (QED) is 0.625. The number of pyridine rings is 1.